The number of halogens is 2. The number of nitrogens with zero attached hydrogens (tertiary/aromatic N) is 2. The first kappa shape index (κ1) is 24.9. The molecule has 7 nitrogen and oxygen atoms in total. The van der Waals surface area contributed by atoms with Gasteiger partial charge in [0.1, 0.15) is 4.88 Å². The van der Waals surface area contributed by atoms with E-state index in [1.807, 2.05) is 6.92 Å². The number of amides is 1. The van der Waals surface area contributed by atoms with Crippen molar-refractivity contribution < 1.29 is 14.7 Å². The molecule has 0 aliphatic carbocycles. The van der Waals surface area contributed by atoms with Crippen LogP contribution in [0.4, 0.5) is 5.13 Å². The van der Waals surface area contributed by atoms with Crippen LogP contribution in [0.25, 0.3) is 0 Å². The molecular formula is C16H28Cl2N4O3S. The van der Waals surface area contributed by atoms with E-state index in [1.165, 1.54) is 11.3 Å². The maximum atomic E-state index is 12.6. The lowest BCUT2D eigenvalue weighted by molar-refractivity contribution is -0.137. The fourth-order valence-corrected chi connectivity index (χ4v) is 4.02. The second-order valence-electron chi connectivity index (χ2n) is 6.57. The van der Waals surface area contributed by atoms with Crippen molar-refractivity contribution >= 4 is 53.2 Å². The molecule has 150 valence electrons. The van der Waals surface area contributed by atoms with Crippen molar-refractivity contribution in [2.45, 2.75) is 39.7 Å². The Balaban J connectivity index is 0.00000312. The third-order valence-electron chi connectivity index (χ3n) is 4.51. The van der Waals surface area contributed by atoms with Gasteiger partial charge in [-0.1, -0.05) is 32.1 Å². The van der Waals surface area contributed by atoms with Gasteiger partial charge in [-0.3, -0.25) is 9.59 Å². The van der Waals surface area contributed by atoms with Crippen molar-refractivity contribution in [2.75, 3.05) is 25.4 Å². The minimum Gasteiger partial charge on any atom is -0.481 e. The van der Waals surface area contributed by atoms with Crippen LogP contribution in [0.15, 0.2) is 0 Å². The number of nitrogens with two attached hydrogens (primary N) is 1. The Morgan fingerprint density at radius 2 is 2.04 bits per heavy atom. The highest BCUT2D eigenvalue weighted by molar-refractivity contribution is 7.17. The maximum Gasteiger partial charge on any atom is 0.304 e. The summed E-state index contributed by atoms with van der Waals surface area (Å²) in [4.78, 5) is 30.3. The topological polar surface area (TPSA) is 109 Å². The van der Waals surface area contributed by atoms with Crippen LogP contribution >= 0.6 is 36.2 Å². The summed E-state index contributed by atoms with van der Waals surface area (Å²) in [6.07, 6.45) is 0.788. The normalized spacial score (nSPS) is 19.7. The summed E-state index contributed by atoms with van der Waals surface area (Å²) in [5.41, 5.74) is 6.46. The number of hydrogen-bond acceptors (Lipinski definition) is 6. The van der Waals surface area contributed by atoms with E-state index in [0.717, 1.165) is 12.2 Å². The van der Waals surface area contributed by atoms with Crippen LogP contribution in [-0.2, 0) is 11.2 Å². The first-order valence-corrected chi connectivity index (χ1v) is 9.13. The monoisotopic (exact) mass is 426 g/mol. The number of anilines is 1. The minimum absolute atomic E-state index is 0. The molecule has 0 unspecified atom stereocenters. The second kappa shape index (κ2) is 10.9. The number of carboxylic acid groups (broad SMARTS) is 1. The fraction of sp³-hybridized carbons (Fsp3) is 0.688. The van der Waals surface area contributed by atoms with Gasteiger partial charge >= 0.3 is 5.97 Å². The first-order valence-electron chi connectivity index (χ1n) is 8.32. The molecule has 4 N–H and O–H groups in total. The van der Waals surface area contributed by atoms with Crippen molar-refractivity contribution in [1.82, 2.24) is 15.2 Å². The largest absolute Gasteiger partial charge is 0.481 e. The number of carbonyl (C=O) groups excluding carboxylic acids is 1. The summed E-state index contributed by atoms with van der Waals surface area (Å²) in [6, 6.07) is 0.0133. The van der Waals surface area contributed by atoms with Crippen LogP contribution < -0.4 is 11.1 Å². The van der Waals surface area contributed by atoms with Crippen LogP contribution in [0.5, 0.6) is 0 Å². The van der Waals surface area contributed by atoms with Gasteiger partial charge in [0.15, 0.2) is 5.13 Å². The van der Waals surface area contributed by atoms with E-state index < -0.39 is 5.97 Å². The van der Waals surface area contributed by atoms with E-state index in [9.17, 15) is 9.59 Å². The van der Waals surface area contributed by atoms with E-state index in [4.69, 9.17) is 10.8 Å². The number of likely N-dealkylation sites (tertiary alicyclic amines) is 1. The Morgan fingerprint density at radius 1 is 1.38 bits per heavy atom. The molecule has 2 rings (SSSR count). The highest BCUT2D eigenvalue weighted by Gasteiger charge is 2.36. The average Bonchev–Trinajstić information content (AvgIpc) is 3.08. The standard InChI is InChI=1S/C16H26N4O3S.2ClH/c1-4-11-14(24-16(17)19-11)15(23)18-12-8-20(6-5-13(21)22)7-10(12)9(2)3;;/h9-10,12H,4-8H2,1-3H3,(H2,17,19)(H,18,23)(H,21,22);2*1H/t10-,12+;;/m1../s1. The van der Waals surface area contributed by atoms with Gasteiger partial charge in [0.05, 0.1) is 12.1 Å². The molecule has 10 heteroatoms. The molecule has 26 heavy (non-hydrogen) atoms. The Kier molecular flexibility index (Phi) is 10.5. The number of hydrogen-bond donors (Lipinski definition) is 3. The maximum absolute atomic E-state index is 12.6. The number of carbonyl (C=O) groups is 2. The third kappa shape index (κ3) is 6.26. The summed E-state index contributed by atoms with van der Waals surface area (Å²) in [6.45, 7) is 8.21. The molecule has 1 saturated heterocycles. The highest BCUT2D eigenvalue weighted by atomic mass is 35.5. The average molecular weight is 427 g/mol. The predicted molar refractivity (Wildman–Crippen MR) is 109 cm³/mol. The first-order chi connectivity index (χ1) is 11.3. The molecule has 0 radical (unpaired) electrons. The van der Waals surface area contributed by atoms with Crippen LogP contribution in [0.2, 0.25) is 0 Å². The van der Waals surface area contributed by atoms with Crippen LogP contribution in [0.3, 0.4) is 0 Å². The van der Waals surface area contributed by atoms with Gasteiger partial charge in [-0.05, 0) is 18.3 Å². The van der Waals surface area contributed by atoms with Crippen molar-refractivity contribution in [3.05, 3.63) is 10.6 Å². The summed E-state index contributed by atoms with van der Waals surface area (Å²) >= 11 is 1.22. The number of thiazole rings is 1. The molecule has 1 fully saturated rings. The minimum atomic E-state index is -0.795. The van der Waals surface area contributed by atoms with Crippen molar-refractivity contribution in [3.63, 3.8) is 0 Å². The van der Waals surface area contributed by atoms with E-state index in [0.29, 0.717) is 41.4 Å². The summed E-state index contributed by atoms with van der Waals surface area (Å²) in [5, 5.41) is 12.4. The van der Waals surface area contributed by atoms with E-state index in [-0.39, 0.29) is 43.2 Å². The number of nitrogens with one attached hydrogen (secondary N) is 1. The van der Waals surface area contributed by atoms with E-state index >= 15 is 0 Å². The highest BCUT2D eigenvalue weighted by Crippen LogP contribution is 2.26. The van der Waals surface area contributed by atoms with E-state index in [1.54, 1.807) is 0 Å². The Bertz CT molecular complexity index is 612. The van der Waals surface area contributed by atoms with Crippen LogP contribution in [0, 0.1) is 11.8 Å². The molecule has 0 saturated carbocycles. The van der Waals surface area contributed by atoms with Crippen LogP contribution in [-0.4, -0.2) is 52.5 Å². The molecule has 0 aromatic carbocycles. The second-order valence-corrected chi connectivity index (χ2v) is 7.60. The Morgan fingerprint density at radius 3 is 2.58 bits per heavy atom. The Labute approximate surface area is 170 Å². The van der Waals surface area contributed by atoms with Gasteiger partial charge in [-0.15, -0.1) is 24.8 Å². The zero-order valence-corrected chi connectivity index (χ0v) is 17.7. The zero-order valence-electron chi connectivity index (χ0n) is 15.2. The van der Waals surface area contributed by atoms with Gasteiger partial charge in [-0.25, -0.2) is 4.98 Å². The smallest absolute Gasteiger partial charge is 0.304 e. The van der Waals surface area contributed by atoms with Gasteiger partial charge < -0.3 is 21.1 Å². The molecule has 1 aromatic rings. The zero-order chi connectivity index (χ0) is 17.9. The fourth-order valence-electron chi connectivity index (χ4n) is 3.20. The molecule has 0 bridgehead atoms. The lowest BCUT2D eigenvalue weighted by Gasteiger charge is -2.22. The molecule has 1 aromatic heterocycles. The molecular weight excluding hydrogens is 399 g/mol. The number of aliphatic carboxylic acids is 1. The van der Waals surface area contributed by atoms with Gasteiger partial charge in [-0.2, -0.15) is 0 Å². The van der Waals surface area contributed by atoms with Crippen molar-refractivity contribution in [3.8, 4) is 0 Å². The lowest BCUT2D eigenvalue weighted by Crippen LogP contribution is -2.42. The lowest BCUT2D eigenvalue weighted by atomic mass is 9.91. The van der Waals surface area contributed by atoms with Gasteiger partial charge in [0, 0.05) is 25.7 Å². The number of aromatic nitrogens is 1. The van der Waals surface area contributed by atoms with Gasteiger partial charge in [0.2, 0.25) is 0 Å². The SMILES string of the molecule is CCc1nc(N)sc1C(=O)N[C@H]1CN(CCC(=O)O)C[C@@H]1C(C)C.Cl.Cl. The Hall–Kier alpha value is -1.09. The number of nitrogen functional groups attached to an aromatic ring is 1. The summed E-state index contributed by atoms with van der Waals surface area (Å²) in [7, 11) is 0. The molecule has 0 spiro atoms. The van der Waals surface area contributed by atoms with Crippen molar-refractivity contribution in [1.29, 1.82) is 0 Å². The van der Waals surface area contributed by atoms with Crippen molar-refractivity contribution in [2.24, 2.45) is 11.8 Å². The molecule has 1 amide bonds. The summed E-state index contributed by atoms with van der Waals surface area (Å²) in [5.74, 6) is -0.214. The third-order valence-corrected chi connectivity index (χ3v) is 5.44. The van der Waals surface area contributed by atoms with Crippen LogP contribution in [0.1, 0.15) is 42.6 Å². The molecule has 1 aliphatic rings. The van der Waals surface area contributed by atoms with Gasteiger partial charge in [0.25, 0.3) is 5.91 Å². The summed E-state index contributed by atoms with van der Waals surface area (Å²) < 4.78 is 0. The molecule has 2 atom stereocenters. The number of carboxylic acids is 1. The molecule has 2 heterocycles. The number of rotatable bonds is 7. The predicted octanol–water partition coefficient (Wildman–Crippen LogP) is 2.29. The van der Waals surface area contributed by atoms with E-state index in [2.05, 4.69) is 29.0 Å². The quantitative estimate of drug-likeness (QED) is 0.616. The molecule has 1 aliphatic heterocycles. The number of aryl methyl sites for hydroxylation is 1.